The van der Waals surface area contributed by atoms with Crippen LogP contribution in [0.5, 0.6) is 17.2 Å². The lowest BCUT2D eigenvalue weighted by Crippen LogP contribution is -2.30. The molecule has 0 radical (unpaired) electrons. The smallest absolute Gasteiger partial charge is 0.273 e. The number of aromatic amines is 1. The standard InChI is InChI=1S/C25H29N3O4/c1-4-6-14-32-19-12-11-16(15-20(19)31-3)24-21-22(17-9-7-8-10-18(17)29)26-27-23(21)25(30)28(24)13-5-2/h7-12,15,24,29H,4-6,13-14H2,1-3H3,(H,26,27). The van der Waals surface area contributed by atoms with Gasteiger partial charge in [-0.2, -0.15) is 5.10 Å². The normalized spacial score (nSPS) is 15.2. The van der Waals surface area contributed by atoms with Crippen molar-refractivity contribution in [1.82, 2.24) is 15.1 Å². The Kier molecular flexibility index (Phi) is 6.35. The molecule has 1 amide bonds. The molecular weight excluding hydrogens is 406 g/mol. The summed E-state index contributed by atoms with van der Waals surface area (Å²) in [6, 6.07) is 12.5. The summed E-state index contributed by atoms with van der Waals surface area (Å²) in [5, 5.41) is 17.8. The van der Waals surface area contributed by atoms with Gasteiger partial charge >= 0.3 is 0 Å². The second-order valence-electron chi connectivity index (χ2n) is 7.89. The van der Waals surface area contributed by atoms with Crippen LogP contribution in [0.25, 0.3) is 11.3 Å². The lowest BCUT2D eigenvalue weighted by Gasteiger charge is -2.26. The van der Waals surface area contributed by atoms with E-state index in [-0.39, 0.29) is 17.7 Å². The van der Waals surface area contributed by atoms with Crippen molar-refractivity contribution < 1.29 is 19.4 Å². The maximum absolute atomic E-state index is 13.2. The van der Waals surface area contributed by atoms with Gasteiger partial charge in [-0.1, -0.05) is 38.5 Å². The number of rotatable bonds is 9. The van der Waals surface area contributed by atoms with Crippen molar-refractivity contribution in [2.24, 2.45) is 0 Å². The van der Waals surface area contributed by atoms with E-state index in [1.54, 1.807) is 25.3 Å². The molecule has 1 aliphatic heterocycles. The third kappa shape index (κ3) is 3.79. The first kappa shape index (κ1) is 21.7. The van der Waals surface area contributed by atoms with Crippen LogP contribution in [0.15, 0.2) is 42.5 Å². The van der Waals surface area contributed by atoms with Crippen LogP contribution in [0.4, 0.5) is 0 Å². The summed E-state index contributed by atoms with van der Waals surface area (Å²) >= 11 is 0. The van der Waals surface area contributed by atoms with Gasteiger partial charge < -0.3 is 19.5 Å². The number of benzene rings is 2. The molecule has 1 atom stereocenters. The molecule has 4 rings (SSSR count). The molecule has 1 aromatic heterocycles. The van der Waals surface area contributed by atoms with Crippen LogP contribution in [0.2, 0.25) is 0 Å². The Hall–Kier alpha value is -3.48. The zero-order chi connectivity index (χ0) is 22.7. The number of hydrogen-bond acceptors (Lipinski definition) is 5. The number of carbonyl (C=O) groups excluding carboxylic acids is 1. The predicted molar refractivity (Wildman–Crippen MR) is 122 cm³/mol. The van der Waals surface area contributed by atoms with E-state index in [4.69, 9.17) is 9.47 Å². The summed E-state index contributed by atoms with van der Waals surface area (Å²) in [5.74, 6) is 1.34. The highest BCUT2D eigenvalue weighted by Crippen LogP contribution is 2.45. The van der Waals surface area contributed by atoms with Crippen LogP contribution in [-0.2, 0) is 0 Å². The summed E-state index contributed by atoms with van der Waals surface area (Å²) in [6.45, 7) is 5.39. The minimum Gasteiger partial charge on any atom is -0.507 e. The van der Waals surface area contributed by atoms with Gasteiger partial charge in [0.2, 0.25) is 0 Å². The molecule has 0 saturated heterocycles. The number of phenolic OH excluding ortho intramolecular Hbond substituents is 1. The molecule has 7 heteroatoms. The average molecular weight is 436 g/mol. The zero-order valence-electron chi connectivity index (χ0n) is 18.7. The number of nitrogens with zero attached hydrogens (tertiary/aromatic N) is 2. The summed E-state index contributed by atoms with van der Waals surface area (Å²) in [5.41, 5.74) is 3.31. The number of methoxy groups -OCH3 is 1. The Morgan fingerprint density at radius 1 is 1.12 bits per heavy atom. The molecule has 168 valence electrons. The number of amides is 1. The monoisotopic (exact) mass is 435 g/mol. The highest BCUT2D eigenvalue weighted by atomic mass is 16.5. The Morgan fingerprint density at radius 2 is 1.94 bits per heavy atom. The van der Waals surface area contributed by atoms with Crippen molar-refractivity contribution in [2.45, 2.75) is 39.2 Å². The van der Waals surface area contributed by atoms with Gasteiger partial charge in [-0.25, -0.2) is 0 Å². The molecular formula is C25H29N3O4. The quantitative estimate of drug-likeness (QED) is 0.466. The lowest BCUT2D eigenvalue weighted by molar-refractivity contribution is 0.0743. The minimum absolute atomic E-state index is 0.0942. The number of nitrogens with one attached hydrogen (secondary N) is 1. The van der Waals surface area contributed by atoms with Crippen molar-refractivity contribution in [2.75, 3.05) is 20.3 Å². The van der Waals surface area contributed by atoms with Gasteiger partial charge in [-0.05, 0) is 42.7 Å². The average Bonchev–Trinajstić information content (AvgIpc) is 3.34. The van der Waals surface area contributed by atoms with E-state index in [1.807, 2.05) is 36.1 Å². The van der Waals surface area contributed by atoms with Crippen LogP contribution >= 0.6 is 0 Å². The van der Waals surface area contributed by atoms with Gasteiger partial charge in [0.05, 0.1) is 19.8 Å². The van der Waals surface area contributed by atoms with E-state index in [0.717, 1.165) is 30.4 Å². The first-order valence-corrected chi connectivity index (χ1v) is 11.1. The first-order chi connectivity index (χ1) is 15.6. The molecule has 0 spiro atoms. The number of aromatic nitrogens is 2. The van der Waals surface area contributed by atoms with E-state index >= 15 is 0 Å². The number of para-hydroxylation sites is 1. The molecule has 2 heterocycles. The zero-order valence-corrected chi connectivity index (χ0v) is 18.7. The fourth-order valence-electron chi connectivity index (χ4n) is 4.19. The Balaban J connectivity index is 1.81. The van der Waals surface area contributed by atoms with Gasteiger partial charge in [0.1, 0.15) is 17.1 Å². The largest absolute Gasteiger partial charge is 0.507 e. The molecule has 2 aromatic carbocycles. The lowest BCUT2D eigenvalue weighted by atomic mass is 9.95. The maximum atomic E-state index is 13.2. The van der Waals surface area contributed by atoms with Gasteiger partial charge in [-0.3, -0.25) is 9.89 Å². The molecule has 1 aliphatic rings. The number of H-pyrrole nitrogens is 1. The van der Waals surface area contributed by atoms with Gasteiger partial charge in [0, 0.05) is 17.7 Å². The highest BCUT2D eigenvalue weighted by Gasteiger charge is 2.42. The van der Waals surface area contributed by atoms with E-state index in [2.05, 4.69) is 17.1 Å². The van der Waals surface area contributed by atoms with E-state index in [0.29, 0.717) is 41.6 Å². The molecule has 0 saturated carbocycles. The fraction of sp³-hybridized carbons (Fsp3) is 0.360. The number of carbonyl (C=O) groups is 1. The van der Waals surface area contributed by atoms with E-state index in [1.165, 1.54) is 0 Å². The summed E-state index contributed by atoms with van der Waals surface area (Å²) in [6.07, 6.45) is 2.84. The van der Waals surface area contributed by atoms with Gasteiger partial charge in [0.25, 0.3) is 5.91 Å². The number of phenols is 1. The number of aromatic hydroxyl groups is 1. The predicted octanol–water partition coefficient (Wildman–Crippen LogP) is 4.93. The fourth-order valence-corrected chi connectivity index (χ4v) is 4.19. The van der Waals surface area contributed by atoms with Gasteiger partial charge in [-0.15, -0.1) is 0 Å². The topological polar surface area (TPSA) is 87.7 Å². The molecule has 7 nitrogen and oxygen atoms in total. The van der Waals surface area contributed by atoms with Crippen LogP contribution in [0.1, 0.15) is 60.8 Å². The van der Waals surface area contributed by atoms with Crippen molar-refractivity contribution >= 4 is 5.91 Å². The van der Waals surface area contributed by atoms with Crippen molar-refractivity contribution in [3.05, 3.63) is 59.3 Å². The molecule has 0 bridgehead atoms. The summed E-state index contributed by atoms with van der Waals surface area (Å²) in [4.78, 5) is 15.1. The summed E-state index contributed by atoms with van der Waals surface area (Å²) in [7, 11) is 1.62. The number of hydrogen-bond donors (Lipinski definition) is 2. The summed E-state index contributed by atoms with van der Waals surface area (Å²) < 4.78 is 11.5. The van der Waals surface area contributed by atoms with Crippen LogP contribution in [-0.4, -0.2) is 46.4 Å². The minimum atomic E-state index is -0.343. The SMILES string of the molecule is CCCCOc1ccc(C2c3c(-c4ccccc4O)n[nH]c3C(=O)N2CCC)cc1OC. The van der Waals surface area contributed by atoms with Crippen molar-refractivity contribution in [1.29, 1.82) is 0 Å². The van der Waals surface area contributed by atoms with Crippen LogP contribution in [0.3, 0.4) is 0 Å². The number of unbranched alkanes of at least 4 members (excludes halogenated alkanes) is 1. The second-order valence-corrected chi connectivity index (χ2v) is 7.89. The molecule has 1 unspecified atom stereocenters. The van der Waals surface area contributed by atoms with Crippen LogP contribution in [0, 0.1) is 0 Å². The third-order valence-electron chi connectivity index (χ3n) is 5.75. The molecule has 0 fully saturated rings. The number of fused-ring (bicyclic) bond motifs is 1. The third-order valence-corrected chi connectivity index (χ3v) is 5.75. The molecule has 2 N–H and O–H groups in total. The van der Waals surface area contributed by atoms with E-state index < -0.39 is 0 Å². The van der Waals surface area contributed by atoms with Crippen molar-refractivity contribution in [3.63, 3.8) is 0 Å². The first-order valence-electron chi connectivity index (χ1n) is 11.1. The second kappa shape index (κ2) is 9.34. The number of ether oxygens (including phenoxy) is 2. The Labute approximate surface area is 188 Å². The maximum Gasteiger partial charge on any atom is 0.273 e. The van der Waals surface area contributed by atoms with E-state index in [9.17, 15) is 9.90 Å². The van der Waals surface area contributed by atoms with Crippen LogP contribution < -0.4 is 9.47 Å². The Bertz CT molecular complexity index is 1110. The molecule has 0 aliphatic carbocycles. The Morgan fingerprint density at radius 3 is 2.66 bits per heavy atom. The highest BCUT2D eigenvalue weighted by molar-refractivity contribution is 6.00. The molecule has 32 heavy (non-hydrogen) atoms. The van der Waals surface area contributed by atoms with Gasteiger partial charge in [0.15, 0.2) is 11.5 Å². The molecule has 3 aromatic rings. The van der Waals surface area contributed by atoms with Crippen molar-refractivity contribution in [3.8, 4) is 28.5 Å².